The fourth-order valence-electron chi connectivity index (χ4n) is 4.38. The van der Waals surface area contributed by atoms with Crippen LogP contribution in [0.2, 0.25) is 0 Å². The van der Waals surface area contributed by atoms with Crippen LogP contribution in [0.4, 0.5) is 5.82 Å². The molecule has 0 amide bonds. The number of benzene rings is 1. The highest BCUT2D eigenvalue weighted by atomic mass is 16.5. The van der Waals surface area contributed by atoms with Crippen molar-refractivity contribution in [1.29, 1.82) is 0 Å². The molecule has 4 heterocycles. The van der Waals surface area contributed by atoms with Gasteiger partial charge in [-0.2, -0.15) is 5.10 Å². The zero-order valence-electron chi connectivity index (χ0n) is 19.2. The monoisotopic (exact) mass is 444 g/mol. The van der Waals surface area contributed by atoms with Crippen LogP contribution in [0.3, 0.4) is 0 Å². The highest BCUT2D eigenvalue weighted by Crippen LogP contribution is 2.30. The summed E-state index contributed by atoms with van der Waals surface area (Å²) < 4.78 is 13.0. The molecular weight excluding hydrogens is 416 g/mol. The van der Waals surface area contributed by atoms with Crippen molar-refractivity contribution in [2.45, 2.75) is 25.3 Å². The van der Waals surface area contributed by atoms with Gasteiger partial charge in [-0.25, -0.2) is 15.0 Å². The van der Waals surface area contributed by atoms with Crippen molar-refractivity contribution in [2.24, 2.45) is 7.05 Å². The van der Waals surface area contributed by atoms with Gasteiger partial charge < -0.3 is 14.4 Å². The van der Waals surface area contributed by atoms with E-state index in [1.54, 1.807) is 11.8 Å². The van der Waals surface area contributed by atoms with Crippen LogP contribution in [0, 0.1) is 0 Å². The molecule has 1 aliphatic heterocycles. The Kier molecular flexibility index (Phi) is 5.92. The van der Waals surface area contributed by atoms with Crippen molar-refractivity contribution in [3.63, 3.8) is 0 Å². The fourth-order valence-corrected chi connectivity index (χ4v) is 4.38. The van der Waals surface area contributed by atoms with Gasteiger partial charge in [0.1, 0.15) is 17.1 Å². The zero-order chi connectivity index (χ0) is 22.8. The lowest BCUT2D eigenvalue weighted by molar-refractivity contribution is 0.0854. The molecule has 0 bridgehead atoms. The van der Waals surface area contributed by atoms with E-state index in [0.717, 1.165) is 71.0 Å². The highest BCUT2D eigenvalue weighted by Gasteiger charge is 2.22. The lowest BCUT2D eigenvalue weighted by Gasteiger charge is -2.32. The van der Waals surface area contributed by atoms with Crippen molar-refractivity contribution in [3.05, 3.63) is 60.4 Å². The number of aryl methyl sites for hydroxylation is 1. The molecular formula is C25H28N6O2. The van der Waals surface area contributed by atoms with Gasteiger partial charge in [-0.15, -0.1) is 0 Å². The van der Waals surface area contributed by atoms with Crippen molar-refractivity contribution in [3.8, 4) is 16.9 Å². The Bertz CT molecular complexity index is 1260. The number of pyridine rings is 1. The van der Waals surface area contributed by atoms with E-state index in [2.05, 4.69) is 39.1 Å². The number of rotatable bonds is 6. The third-order valence-corrected chi connectivity index (χ3v) is 6.28. The SMILES string of the molecule is COc1cc(-c2cnn(C)c2)ccc1Cc1ncc2ccnc(N(C)C3CCOCC3)c2n1. The minimum absolute atomic E-state index is 0.399. The average Bonchev–Trinajstić information content (AvgIpc) is 3.30. The quantitative estimate of drug-likeness (QED) is 0.449. The molecule has 1 aliphatic rings. The summed E-state index contributed by atoms with van der Waals surface area (Å²) in [6.07, 6.45) is 10.1. The summed E-state index contributed by atoms with van der Waals surface area (Å²) in [4.78, 5) is 16.5. The van der Waals surface area contributed by atoms with E-state index < -0.39 is 0 Å². The second kappa shape index (κ2) is 9.15. The Morgan fingerprint density at radius 3 is 2.73 bits per heavy atom. The summed E-state index contributed by atoms with van der Waals surface area (Å²) in [5, 5.41) is 5.25. The predicted molar refractivity (Wildman–Crippen MR) is 128 cm³/mol. The number of hydrogen-bond donors (Lipinski definition) is 0. The number of ether oxygens (including phenoxy) is 2. The lowest BCUT2D eigenvalue weighted by atomic mass is 10.0. The minimum atomic E-state index is 0.399. The molecule has 1 aromatic carbocycles. The summed E-state index contributed by atoms with van der Waals surface area (Å²) in [7, 11) is 5.70. The van der Waals surface area contributed by atoms with Gasteiger partial charge in [-0.1, -0.05) is 12.1 Å². The fraction of sp³-hybridized carbons (Fsp3) is 0.360. The van der Waals surface area contributed by atoms with Crippen molar-refractivity contribution < 1.29 is 9.47 Å². The van der Waals surface area contributed by atoms with E-state index in [-0.39, 0.29) is 0 Å². The number of hydrogen-bond acceptors (Lipinski definition) is 7. The molecule has 0 N–H and O–H groups in total. The Morgan fingerprint density at radius 1 is 1.12 bits per heavy atom. The molecule has 4 aromatic rings. The third-order valence-electron chi connectivity index (χ3n) is 6.28. The van der Waals surface area contributed by atoms with E-state index in [4.69, 9.17) is 14.5 Å². The molecule has 3 aromatic heterocycles. The van der Waals surface area contributed by atoms with Gasteiger partial charge in [-0.05, 0) is 30.5 Å². The summed E-state index contributed by atoms with van der Waals surface area (Å²) in [5.41, 5.74) is 4.03. The van der Waals surface area contributed by atoms with Crippen LogP contribution in [0.25, 0.3) is 22.0 Å². The number of nitrogens with zero attached hydrogens (tertiary/aromatic N) is 6. The van der Waals surface area contributed by atoms with Crippen molar-refractivity contribution in [1.82, 2.24) is 24.7 Å². The maximum absolute atomic E-state index is 5.70. The van der Waals surface area contributed by atoms with Gasteiger partial charge >= 0.3 is 0 Å². The molecule has 0 unspecified atom stereocenters. The number of fused-ring (bicyclic) bond motifs is 1. The molecule has 8 nitrogen and oxygen atoms in total. The summed E-state index contributed by atoms with van der Waals surface area (Å²) in [6.45, 7) is 1.57. The first-order valence-electron chi connectivity index (χ1n) is 11.2. The zero-order valence-corrected chi connectivity index (χ0v) is 19.2. The molecule has 170 valence electrons. The van der Waals surface area contributed by atoms with E-state index in [0.29, 0.717) is 12.5 Å². The van der Waals surface area contributed by atoms with Crippen LogP contribution in [-0.2, 0) is 18.2 Å². The largest absolute Gasteiger partial charge is 0.496 e. The van der Waals surface area contributed by atoms with Crippen LogP contribution in [0.5, 0.6) is 5.75 Å². The van der Waals surface area contributed by atoms with Gasteiger partial charge in [0.2, 0.25) is 0 Å². The average molecular weight is 445 g/mol. The van der Waals surface area contributed by atoms with Crippen molar-refractivity contribution >= 4 is 16.7 Å². The smallest absolute Gasteiger partial charge is 0.155 e. The molecule has 0 radical (unpaired) electrons. The first-order valence-corrected chi connectivity index (χ1v) is 11.2. The van der Waals surface area contributed by atoms with Crippen LogP contribution < -0.4 is 9.64 Å². The molecule has 0 spiro atoms. The van der Waals surface area contributed by atoms with Gasteiger partial charge in [0.05, 0.1) is 13.3 Å². The van der Waals surface area contributed by atoms with Crippen LogP contribution >= 0.6 is 0 Å². The second-order valence-corrected chi connectivity index (χ2v) is 8.42. The van der Waals surface area contributed by atoms with Crippen LogP contribution in [0.15, 0.2) is 49.1 Å². The topological polar surface area (TPSA) is 78.2 Å². The third kappa shape index (κ3) is 4.39. The van der Waals surface area contributed by atoms with E-state index in [9.17, 15) is 0 Å². The molecule has 8 heteroatoms. The Hall–Kier alpha value is -3.52. The minimum Gasteiger partial charge on any atom is -0.496 e. The lowest BCUT2D eigenvalue weighted by Crippen LogP contribution is -2.37. The molecule has 0 atom stereocenters. The summed E-state index contributed by atoms with van der Waals surface area (Å²) in [6, 6.07) is 8.56. The van der Waals surface area contributed by atoms with Gasteiger partial charge in [0, 0.05) is 74.9 Å². The Morgan fingerprint density at radius 2 is 1.97 bits per heavy atom. The molecule has 0 saturated carbocycles. The van der Waals surface area contributed by atoms with E-state index >= 15 is 0 Å². The normalized spacial score (nSPS) is 14.5. The Balaban J connectivity index is 1.45. The highest BCUT2D eigenvalue weighted by molar-refractivity contribution is 5.88. The van der Waals surface area contributed by atoms with E-state index in [1.807, 2.05) is 44.0 Å². The van der Waals surface area contributed by atoms with Crippen molar-refractivity contribution in [2.75, 3.05) is 32.3 Å². The molecule has 1 fully saturated rings. The summed E-state index contributed by atoms with van der Waals surface area (Å²) in [5.74, 6) is 2.44. The second-order valence-electron chi connectivity index (χ2n) is 8.42. The maximum Gasteiger partial charge on any atom is 0.155 e. The molecule has 33 heavy (non-hydrogen) atoms. The Labute approximate surface area is 193 Å². The summed E-state index contributed by atoms with van der Waals surface area (Å²) >= 11 is 0. The van der Waals surface area contributed by atoms with Gasteiger partial charge in [0.15, 0.2) is 5.82 Å². The van der Waals surface area contributed by atoms with Gasteiger partial charge in [-0.3, -0.25) is 4.68 Å². The first kappa shape index (κ1) is 21.3. The standard InChI is InChI=1S/C25H28N6O2/c1-30-16-20(15-28-30)17-4-5-18(22(12-17)32-3)13-23-27-14-19-6-9-26-25(24(19)29-23)31(2)21-7-10-33-11-8-21/h4-6,9,12,14-16,21H,7-8,10-11,13H2,1-3H3. The molecule has 0 aliphatic carbocycles. The van der Waals surface area contributed by atoms with E-state index in [1.165, 1.54) is 0 Å². The molecule has 1 saturated heterocycles. The maximum atomic E-state index is 5.70. The van der Waals surface area contributed by atoms with Crippen LogP contribution in [-0.4, -0.2) is 58.1 Å². The number of anilines is 1. The van der Waals surface area contributed by atoms with Gasteiger partial charge in [0.25, 0.3) is 0 Å². The first-order chi connectivity index (χ1) is 16.1. The molecule has 5 rings (SSSR count). The number of methoxy groups -OCH3 is 1. The predicted octanol–water partition coefficient (Wildman–Crippen LogP) is 3.64. The number of aromatic nitrogens is 5. The van der Waals surface area contributed by atoms with Crippen LogP contribution in [0.1, 0.15) is 24.2 Å².